The first kappa shape index (κ1) is 14.6. The van der Waals surface area contributed by atoms with Crippen molar-refractivity contribution in [1.82, 2.24) is 4.98 Å². The second-order valence-electron chi connectivity index (χ2n) is 4.26. The molecule has 17 heavy (non-hydrogen) atoms. The molecule has 2 unspecified atom stereocenters. The molecule has 2 atom stereocenters. The largest absolute Gasteiger partial charge is 0.292 e. The monoisotopic (exact) mass is 364 g/mol. The van der Waals surface area contributed by atoms with Crippen LogP contribution < -0.4 is 0 Å². The van der Waals surface area contributed by atoms with Gasteiger partial charge in [-0.15, -0.1) is 0 Å². The Morgan fingerprint density at radius 3 is 2.41 bits per heavy atom. The zero-order chi connectivity index (χ0) is 13.2. The van der Waals surface area contributed by atoms with Gasteiger partial charge in [0.25, 0.3) is 5.69 Å². The van der Waals surface area contributed by atoms with Crippen molar-refractivity contribution >= 4 is 37.5 Å². The number of hydrogen-bond donors (Lipinski definition) is 0. The van der Waals surface area contributed by atoms with Crippen LogP contribution in [0.2, 0.25) is 0 Å². The van der Waals surface area contributed by atoms with Crippen LogP contribution >= 0.6 is 31.9 Å². The van der Waals surface area contributed by atoms with Crippen LogP contribution in [0.3, 0.4) is 0 Å². The number of hydrogen-bond acceptors (Lipinski definition) is 3. The summed E-state index contributed by atoms with van der Waals surface area (Å²) in [5.41, 5.74) is 0.613. The zero-order valence-corrected chi connectivity index (χ0v) is 13.0. The maximum Gasteiger partial charge on any atom is 0.292 e. The van der Waals surface area contributed by atoms with Gasteiger partial charge in [0.1, 0.15) is 5.69 Å². The van der Waals surface area contributed by atoms with E-state index >= 15 is 0 Å². The van der Waals surface area contributed by atoms with Crippen molar-refractivity contribution in [1.29, 1.82) is 0 Å². The first-order valence-corrected chi connectivity index (χ1v) is 6.99. The van der Waals surface area contributed by atoms with Gasteiger partial charge in [-0.3, -0.25) is 15.1 Å². The van der Waals surface area contributed by atoms with Gasteiger partial charge in [-0.05, 0) is 21.8 Å². The van der Waals surface area contributed by atoms with Crippen LogP contribution in [0.15, 0.2) is 16.7 Å². The molecule has 0 amide bonds. The highest BCUT2D eigenvalue weighted by Crippen LogP contribution is 2.36. The van der Waals surface area contributed by atoms with Gasteiger partial charge in [0, 0.05) is 27.5 Å². The number of nitro groups is 1. The summed E-state index contributed by atoms with van der Waals surface area (Å²) in [5.74, 6) is 0.292. The van der Waals surface area contributed by atoms with Crippen LogP contribution in [0.4, 0.5) is 5.69 Å². The number of nitrogens with zero attached hydrogens (tertiary/aromatic N) is 2. The third-order valence-electron chi connectivity index (χ3n) is 2.59. The van der Waals surface area contributed by atoms with Crippen molar-refractivity contribution in [2.24, 2.45) is 5.92 Å². The highest BCUT2D eigenvalue weighted by molar-refractivity contribution is 9.10. The molecule has 4 nitrogen and oxygen atoms in total. The summed E-state index contributed by atoms with van der Waals surface area (Å²) >= 11 is 6.71. The number of aromatic nitrogens is 1. The minimum atomic E-state index is -0.377. The van der Waals surface area contributed by atoms with Crippen molar-refractivity contribution in [3.05, 3.63) is 32.5 Å². The topological polar surface area (TPSA) is 56.0 Å². The van der Waals surface area contributed by atoms with Crippen molar-refractivity contribution in [3.63, 3.8) is 0 Å². The predicted octanol–water partition coefficient (Wildman–Crippen LogP) is 4.28. The van der Waals surface area contributed by atoms with Gasteiger partial charge in [0.2, 0.25) is 0 Å². The van der Waals surface area contributed by atoms with Gasteiger partial charge >= 0.3 is 0 Å². The van der Waals surface area contributed by atoms with Gasteiger partial charge in [-0.2, -0.15) is 0 Å². The van der Waals surface area contributed by atoms with Crippen LogP contribution in [-0.4, -0.2) is 14.7 Å². The third kappa shape index (κ3) is 3.48. The van der Waals surface area contributed by atoms with E-state index in [1.807, 2.05) is 20.8 Å². The summed E-state index contributed by atoms with van der Waals surface area (Å²) < 4.78 is 0.623. The number of pyridine rings is 1. The normalized spacial score (nSPS) is 14.7. The molecule has 0 saturated heterocycles. The van der Waals surface area contributed by atoms with Crippen LogP contribution in [0, 0.1) is 16.0 Å². The highest BCUT2D eigenvalue weighted by atomic mass is 79.9. The van der Waals surface area contributed by atoms with Crippen molar-refractivity contribution < 1.29 is 4.92 Å². The first-order valence-electron chi connectivity index (χ1n) is 5.28. The molecule has 0 bridgehead atoms. The Morgan fingerprint density at radius 1 is 1.41 bits per heavy atom. The Morgan fingerprint density at radius 2 is 2.00 bits per heavy atom. The van der Waals surface area contributed by atoms with E-state index in [2.05, 4.69) is 36.8 Å². The summed E-state index contributed by atoms with van der Waals surface area (Å²) in [6, 6.07) is 1.51. The molecule has 1 heterocycles. The van der Waals surface area contributed by atoms with E-state index < -0.39 is 0 Å². The van der Waals surface area contributed by atoms with Crippen LogP contribution in [0.1, 0.15) is 32.4 Å². The second-order valence-corrected chi connectivity index (χ2v) is 6.62. The maximum atomic E-state index is 11.1. The summed E-state index contributed by atoms with van der Waals surface area (Å²) in [4.78, 5) is 15.0. The fourth-order valence-electron chi connectivity index (χ4n) is 1.91. The average molecular weight is 366 g/mol. The van der Waals surface area contributed by atoms with E-state index in [1.165, 1.54) is 6.07 Å². The molecule has 0 aliphatic carbocycles. The third-order valence-corrected chi connectivity index (χ3v) is 3.59. The Hall–Kier alpha value is -0.490. The van der Waals surface area contributed by atoms with Crippen LogP contribution in [0.5, 0.6) is 0 Å². The summed E-state index contributed by atoms with van der Waals surface area (Å²) in [7, 11) is 0. The molecule has 0 radical (unpaired) electrons. The summed E-state index contributed by atoms with van der Waals surface area (Å²) in [5, 5.41) is 11.1. The molecule has 0 aromatic carbocycles. The van der Waals surface area contributed by atoms with E-state index in [0.29, 0.717) is 10.2 Å². The van der Waals surface area contributed by atoms with E-state index in [4.69, 9.17) is 0 Å². The minimum absolute atomic E-state index is 0.0171. The lowest BCUT2D eigenvalue weighted by Gasteiger charge is -2.22. The average Bonchev–Trinajstić information content (AvgIpc) is 2.19. The van der Waals surface area contributed by atoms with Gasteiger partial charge in [-0.1, -0.05) is 36.7 Å². The van der Waals surface area contributed by atoms with Crippen molar-refractivity contribution in [3.8, 4) is 0 Å². The molecule has 1 aromatic heterocycles. The molecular weight excluding hydrogens is 352 g/mol. The first-order chi connectivity index (χ1) is 7.84. The number of alkyl halides is 1. The lowest BCUT2D eigenvalue weighted by molar-refractivity contribution is -0.386. The number of rotatable bonds is 4. The number of halogens is 2. The molecule has 0 aliphatic rings. The molecule has 0 N–H and O–H groups in total. The Labute approximate surface area is 117 Å². The fraction of sp³-hybridized carbons (Fsp3) is 0.545. The predicted molar refractivity (Wildman–Crippen MR) is 74.6 cm³/mol. The van der Waals surface area contributed by atoms with Crippen LogP contribution in [-0.2, 0) is 0 Å². The quantitative estimate of drug-likeness (QED) is 0.454. The SMILES string of the molecule is CC(C)C(c1ncc(Br)cc1[N+](=O)[O-])C(C)Br. The van der Waals surface area contributed by atoms with Gasteiger partial charge < -0.3 is 0 Å². The molecule has 1 aromatic rings. The zero-order valence-electron chi connectivity index (χ0n) is 9.85. The van der Waals surface area contributed by atoms with Gasteiger partial charge in [0.15, 0.2) is 0 Å². The Kier molecular flexibility index (Phi) is 5.06. The molecule has 0 aliphatic heterocycles. The van der Waals surface area contributed by atoms with Crippen molar-refractivity contribution in [2.75, 3.05) is 0 Å². The van der Waals surface area contributed by atoms with Crippen LogP contribution in [0.25, 0.3) is 0 Å². The Bertz CT molecular complexity index is 414. The smallest absolute Gasteiger partial charge is 0.258 e. The molecule has 6 heteroatoms. The molecule has 1 rings (SSSR count). The maximum absolute atomic E-state index is 11.1. The summed E-state index contributed by atoms with van der Waals surface area (Å²) in [6.45, 7) is 6.06. The minimum Gasteiger partial charge on any atom is -0.258 e. The second kappa shape index (κ2) is 5.91. The molecule has 0 saturated carbocycles. The lowest BCUT2D eigenvalue weighted by atomic mass is 9.89. The fourth-order valence-corrected chi connectivity index (χ4v) is 3.09. The highest BCUT2D eigenvalue weighted by Gasteiger charge is 2.29. The van der Waals surface area contributed by atoms with Gasteiger partial charge in [-0.25, -0.2) is 0 Å². The van der Waals surface area contributed by atoms with E-state index in [9.17, 15) is 10.1 Å². The van der Waals surface area contributed by atoms with E-state index in [0.717, 1.165) is 0 Å². The molecule has 94 valence electrons. The van der Waals surface area contributed by atoms with Gasteiger partial charge in [0.05, 0.1) is 4.92 Å². The Balaban J connectivity index is 3.32. The molecule has 0 fully saturated rings. The standard InChI is InChI=1S/C11H14Br2N2O2/c1-6(2)10(7(3)12)11-9(15(16)17)4-8(13)5-14-11/h4-7,10H,1-3H3. The van der Waals surface area contributed by atoms with E-state index in [-0.39, 0.29) is 27.3 Å². The summed E-state index contributed by atoms with van der Waals surface area (Å²) in [6.07, 6.45) is 1.60. The van der Waals surface area contributed by atoms with Crippen molar-refractivity contribution in [2.45, 2.75) is 31.5 Å². The molecule has 0 spiro atoms. The van der Waals surface area contributed by atoms with E-state index in [1.54, 1.807) is 6.20 Å². The lowest BCUT2D eigenvalue weighted by Crippen LogP contribution is -2.18. The molecular formula is C11H14Br2N2O2.